The van der Waals surface area contributed by atoms with E-state index >= 15 is 0 Å². The van der Waals surface area contributed by atoms with Gasteiger partial charge in [-0.05, 0) is 59.4 Å². The summed E-state index contributed by atoms with van der Waals surface area (Å²) >= 11 is 0. The maximum atomic E-state index is 12.9. The lowest BCUT2D eigenvalue weighted by molar-refractivity contribution is 0.0940. The van der Waals surface area contributed by atoms with Gasteiger partial charge in [-0.1, -0.05) is 47.1 Å². The van der Waals surface area contributed by atoms with Crippen molar-refractivity contribution in [2.75, 3.05) is 0 Å². The molecule has 1 N–H and O–H groups in total. The quantitative estimate of drug-likeness (QED) is 0.733. The number of allylic oxidation sites excluding steroid dienone is 2. The van der Waals surface area contributed by atoms with Crippen LogP contribution in [0.3, 0.4) is 0 Å². The Morgan fingerprint density at radius 2 is 1.78 bits per heavy atom. The summed E-state index contributed by atoms with van der Waals surface area (Å²) in [5.41, 5.74) is 4.87. The zero-order chi connectivity index (χ0) is 17.2. The van der Waals surface area contributed by atoms with Gasteiger partial charge in [0.15, 0.2) is 5.76 Å². The molecule has 1 saturated carbocycles. The number of aryl methyl sites for hydroxylation is 1. The van der Waals surface area contributed by atoms with E-state index in [1.165, 1.54) is 11.1 Å². The van der Waals surface area contributed by atoms with E-state index in [2.05, 4.69) is 47.6 Å². The summed E-state index contributed by atoms with van der Waals surface area (Å²) < 4.78 is 0. The van der Waals surface area contributed by atoms with E-state index in [1.807, 2.05) is 6.07 Å². The molecule has 1 fully saturated rings. The van der Waals surface area contributed by atoms with Crippen LogP contribution in [-0.2, 0) is 5.41 Å². The van der Waals surface area contributed by atoms with Gasteiger partial charge in [-0.25, -0.2) is 0 Å². The van der Waals surface area contributed by atoms with Gasteiger partial charge in [0.2, 0.25) is 5.78 Å². The molecule has 0 saturated heterocycles. The van der Waals surface area contributed by atoms with Crippen molar-refractivity contribution in [1.29, 1.82) is 0 Å². The summed E-state index contributed by atoms with van der Waals surface area (Å²) in [6.45, 7) is 12.9. The zero-order valence-electron chi connectivity index (χ0n) is 15.2. The first-order chi connectivity index (χ1) is 10.6. The fourth-order valence-electron chi connectivity index (χ4n) is 4.96. The van der Waals surface area contributed by atoms with Crippen LogP contribution < -0.4 is 0 Å². The molecule has 0 spiro atoms. The summed E-state index contributed by atoms with van der Waals surface area (Å²) in [6.07, 6.45) is 3.14. The molecule has 1 atom stereocenters. The highest BCUT2D eigenvalue weighted by Crippen LogP contribution is 2.56. The van der Waals surface area contributed by atoms with E-state index < -0.39 is 0 Å². The van der Waals surface area contributed by atoms with E-state index in [1.54, 1.807) is 0 Å². The average molecular weight is 312 g/mol. The van der Waals surface area contributed by atoms with E-state index in [9.17, 15) is 9.90 Å². The zero-order valence-corrected chi connectivity index (χ0v) is 15.2. The van der Waals surface area contributed by atoms with Crippen LogP contribution in [0.15, 0.2) is 23.5 Å². The van der Waals surface area contributed by atoms with Gasteiger partial charge in [0.1, 0.15) is 0 Å². The van der Waals surface area contributed by atoms with Crippen molar-refractivity contribution in [2.24, 2.45) is 5.41 Å². The molecule has 0 bridgehead atoms. The summed E-state index contributed by atoms with van der Waals surface area (Å²) in [4.78, 5) is 12.9. The van der Waals surface area contributed by atoms with Gasteiger partial charge < -0.3 is 5.11 Å². The van der Waals surface area contributed by atoms with E-state index in [0.29, 0.717) is 11.5 Å². The molecule has 23 heavy (non-hydrogen) atoms. The number of aliphatic hydroxyl groups is 1. The van der Waals surface area contributed by atoms with Crippen LogP contribution in [0.25, 0.3) is 0 Å². The third kappa shape index (κ3) is 2.18. The second-order valence-electron chi connectivity index (χ2n) is 8.53. The van der Waals surface area contributed by atoms with E-state index in [0.717, 1.165) is 30.4 Å². The van der Waals surface area contributed by atoms with Gasteiger partial charge in [0.05, 0.1) is 0 Å². The number of rotatable bonds is 1. The lowest BCUT2D eigenvalue weighted by Crippen LogP contribution is -2.43. The van der Waals surface area contributed by atoms with Crippen molar-refractivity contribution in [3.8, 4) is 0 Å². The third-order valence-electron chi connectivity index (χ3n) is 6.03. The molecular weight excluding hydrogens is 284 g/mol. The number of aliphatic hydroxyl groups excluding tert-OH is 1. The van der Waals surface area contributed by atoms with Crippen LogP contribution >= 0.6 is 0 Å². The summed E-state index contributed by atoms with van der Waals surface area (Å²) in [7, 11) is 0. The SMILES string of the molecule is Cc1cc2c(cc1C(C)C)C(=O)C(O)=C1C(C)(C)CCCC12C. The Labute approximate surface area is 139 Å². The first-order valence-corrected chi connectivity index (χ1v) is 8.73. The van der Waals surface area contributed by atoms with Crippen LogP contribution in [0, 0.1) is 12.3 Å². The number of hydrogen-bond acceptors (Lipinski definition) is 2. The molecule has 2 nitrogen and oxygen atoms in total. The number of carbonyl (C=O) groups excluding carboxylic acids is 1. The van der Waals surface area contributed by atoms with Gasteiger partial charge in [0, 0.05) is 11.0 Å². The Morgan fingerprint density at radius 1 is 1.13 bits per heavy atom. The number of hydrogen-bond donors (Lipinski definition) is 1. The maximum Gasteiger partial charge on any atom is 0.227 e. The predicted octanol–water partition coefficient (Wildman–Crippen LogP) is 5.59. The number of carbonyl (C=O) groups is 1. The third-order valence-corrected chi connectivity index (χ3v) is 6.03. The molecule has 0 heterocycles. The van der Waals surface area contributed by atoms with Crippen LogP contribution in [-0.4, -0.2) is 10.9 Å². The highest BCUT2D eigenvalue weighted by atomic mass is 16.3. The summed E-state index contributed by atoms with van der Waals surface area (Å²) in [5.74, 6) is 0.184. The Balaban J connectivity index is 2.32. The molecule has 0 aliphatic heterocycles. The summed E-state index contributed by atoms with van der Waals surface area (Å²) in [5, 5.41) is 10.7. The van der Waals surface area contributed by atoms with Crippen molar-refractivity contribution >= 4 is 5.78 Å². The van der Waals surface area contributed by atoms with E-state index in [-0.39, 0.29) is 22.4 Å². The van der Waals surface area contributed by atoms with Crippen molar-refractivity contribution in [2.45, 2.75) is 72.1 Å². The maximum absolute atomic E-state index is 12.9. The number of benzene rings is 1. The first kappa shape index (κ1) is 16.3. The Morgan fingerprint density at radius 3 is 2.39 bits per heavy atom. The van der Waals surface area contributed by atoms with Gasteiger partial charge in [-0.3, -0.25) is 4.79 Å². The topological polar surface area (TPSA) is 37.3 Å². The Kier molecular flexibility index (Phi) is 3.51. The second kappa shape index (κ2) is 4.96. The van der Waals surface area contributed by atoms with Crippen molar-refractivity contribution < 1.29 is 9.90 Å². The summed E-state index contributed by atoms with van der Waals surface area (Å²) in [6, 6.07) is 4.23. The number of Topliss-reactive ketones (excluding diaryl/α,β-unsaturated/α-hetero) is 1. The molecule has 1 aromatic carbocycles. The molecule has 2 aliphatic carbocycles. The van der Waals surface area contributed by atoms with Crippen molar-refractivity contribution in [3.05, 3.63) is 45.7 Å². The number of ketones is 1. The molecule has 0 aromatic heterocycles. The fraction of sp³-hybridized carbons (Fsp3) is 0.571. The average Bonchev–Trinajstić information content (AvgIpc) is 2.43. The first-order valence-electron chi connectivity index (χ1n) is 8.73. The van der Waals surface area contributed by atoms with Gasteiger partial charge in [-0.2, -0.15) is 0 Å². The van der Waals surface area contributed by atoms with E-state index in [4.69, 9.17) is 0 Å². The molecule has 0 amide bonds. The van der Waals surface area contributed by atoms with Gasteiger partial charge in [0.25, 0.3) is 0 Å². The van der Waals surface area contributed by atoms with Gasteiger partial charge >= 0.3 is 0 Å². The molecule has 0 radical (unpaired) electrons. The lowest BCUT2D eigenvalue weighted by atomic mass is 9.54. The minimum absolute atomic E-state index is 0.00302. The predicted molar refractivity (Wildman–Crippen MR) is 94.2 cm³/mol. The fourth-order valence-corrected chi connectivity index (χ4v) is 4.96. The number of fused-ring (bicyclic) bond motifs is 3. The molecule has 1 aromatic rings. The minimum Gasteiger partial charge on any atom is -0.504 e. The highest BCUT2D eigenvalue weighted by molar-refractivity contribution is 6.11. The second-order valence-corrected chi connectivity index (χ2v) is 8.53. The Hall–Kier alpha value is -1.57. The molecule has 2 heteroatoms. The van der Waals surface area contributed by atoms with Crippen LogP contribution in [0.4, 0.5) is 0 Å². The Bertz CT molecular complexity index is 722. The van der Waals surface area contributed by atoms with Crippen LogP contribution in [0.2, 0.25) is 0 Å². The van der Waals surface area contributed by atoms with Crippen LogP contribution in [0.1, 0.15) is 86.8 Å². The molecule has 2 aliphatic rings. The lowest BCUT2D eigenvalue weighted by Gasteiger charge is -2.49. The molecule has 1 unspecified atom stereocenters. The standard InChI is InChI=1S/C21H28O2/c1-12(2)14-11-15-16(10-13(14)3)21(6)9-7-8-20(4,5)19(21)18(23)17(15)22/h10-12,23H,7-9H2,1-6H3. The molecular formula is C21H28O2. The smallest absolute Gasteiger partial charge is 0.227 e. The monoisotopic (exact) mass is 312 g/mol. The van der Waals surface area contributed by atoms with Gasteiger partial charge in [-0.15, -0.1) is 0 Å². The largest absolute Gasteiger partial charge is 0.504 e. The van der Waals surface area contributed by atoms with Crippen LogP contribution in [0.5, 0.6) is 0 Å². The normalized spacial score (nSPS) is 26.3. The molecule has 3 rings (SSSR count). The van der Waals surface area contributed by atoms with Crippen molar-refractivity contribution in [1.82, 2.24) is 0 Å². The minimum atomic E-state index is -0.227. The molecule has 124 valence electrons. The van der Waals surface area contributed by atoms with Crippen molar-refractivity contribution in [3.63, 3.8) is 0 Å². The highest BCUT2D eigenvalue weighted by Gasteiger charge is 2.50.